The van der Waals surface area contributed by atoms with Crippen LogP contribution in [0.4, 0.5) is 6.01 Å². The number of amides is 1. The highest BCUT2D eigenvalue weighted by molar-refractivity contribution is 5.86. The van der Waals surface area contributed by atoms with Gasteiger partial charge in [0.2, 0.25) is 5.91 Å². The number of benzene rings is 1. The average Bonchev–Trinajstić information content (AvgIpc) is 2.80. The first-order valence-corrected chi connectivity index (χ1v) is 6.98. The summed E-state index contributed by atoms with van der Waals surface area (Å²) in [6, 6.07) is 6.24. The Labute approximate surface area is 118 Å². The number of nitrogens with zero attached hydrogens (tertiary/aromatic N) is 2. The number of aryl methyl sites for hydroxylation is 1. The van der Waals surface area contributed by atoms with Crippen molar-refractivity contribution in [2.24, 2.45) is 5.92 Å². The van der Waals surface area contributed by atoms with E-state index in [9.17, 15) is 4.79 Å². The molecule has 1 aliphatic heterocycles. The van der Waals surface area contributed by atoms with E-state index in [4.69, 9.17) is 4.42 Å². The van der Waals surface area contributed by atoms with Crippen LogP contribution >= 0.6 is 0 Å². The van der Waals surface area contributed by atoms with Crippen molar-refractivity contribution in [1.29, 1.82) is 0 Å². The number of aromatic nitrogens is 1. The summed E-state index contributed by atoms with van der Waals surface area (Å²) in [5.41, 5.74) is 2.75. The minimum Gasteiger partial charge on any atom is -0.423 e. The zero-order chi connectivity index (χ0) is 14.3. The van der Waals surface area contributed by atoms with E-state index < -0.39 is 0 Å². The predicted octanol–water partition coefficient (Wildman–Crippen LogP) is 2.10. The quantitative estimate of drug-likeness (QED) is 0.910. The Bertz CT molecular complexity index is 648. The number of rotatable bonds is 2. The van der Waals surface area contributed by atoms with Crippen LogP contribution in [0.1, 0.15) is 19.4 Å². The first-order chi connectivity index (χ1) is 9.56. The summed E-state index contributed by atoms with van der Waals surface area (Å²) in [6.45, 7) is 7.45. The number of oxazole rings is 1. The molecule has 1 atom stereocenters. The van der Waals surface area contributed by atoms with Crippen molar-refractivity contribution in [3.63, 3.8) is 0 Å². The van der Waals surface area contributed by atoms with Crippen molar-refractivity contribution in [1.82, 2.24) is 10.3 Å². The minimum atomic E-state index is -0.224. The third kappa shape index (κ3) is 2.13. The van der Waals surface area contributed by atoms with Crippen LogP contribution in [0.3, 0.4) is 0 Å². The number of carbonyl (C=O) groups is 1. The van der Waals surface area contributed by atoms with Crippen LogP contribution in [0.2, 0.25) is 0 Å². The molecule has 1 N–H and O–H groups in total. The number of nitrogens with one attached hydrogen (secondary N) is 1. The molecule has 0 saturated carbocycles. The lowest BCUT2D eigenvalue weighted by molar-refractivity contribution is -0.124. The molecule has 3 rings (SSSR count). The maximum absolute atomic E-state index is 12.1. The van der Waals surface area contributed by atoms with Crippen molar-refractivity contribution in [2.75, 3.05) is 18.0 Å². The lowest BCUT2D eigenvalue weighted by Gasteiger charge is -2.36. The highest BCUT2D eigenvalue weighted by Crippen LogP contribution is 2.27. The van der Waals surface area contributed by atoms with Gasteiger partial charge >= 0.3 is 0 Å². The first kappa shape index (κ1) is 13.0. The summed E-state index contributed by atoms with van der Waals surface area (Å²) in [5, 5.41) is 2.91. The van der Waals surface area contributed by atoms with E-state index in [2.05, 4.69) is 10.3 Å². The van der Waals surface area contributed by atoms with Crippen molar-refractivity contribution in [3.8, 4) is 0 Å². The fourth-order valence-electron chi connectivity index (χ4n) is 2.71. The molecule has 1 aromatic carbocycles. The molecular weight excluding hydrogens is 254 g/mol. The predicted molar refractivity (Wildman–Crippen MR) is 77.7 cm³/mol. The Morgan fingerprint density at radius 3 is 3.00 bits per heavy atom. The molecule has 1 aromatic heterocycles. The van der Waals surface area contributed by atoms with E-state index in [1.54, 1.807) is 0 Å². The number of carbonyl (C=O) groups excluding carboxylic acids is 1. The molecule has 2 heterocycles. The molecule has 0 bridgehead atoms. The summed E-state index contributed by atoms with van der Waals surface area (Å²) in [5.74, 6) is 0.247. The summed E-state index contributed by atoms with van der Waals surface area (Å²) in [4.78, 5) is 18.6. The summed E-state index contributed by atoms with van der Waals surface area (Å²) in [7, 11) is 0. The molecule has 0 unspecified atom stereocenters. The summed E-state index contributed by atoms with van der Waals surface area (Å²) >= 11 is 0. The molecular formula is C15H19N3O2. The van der Waals surface area contributed by atoms with Crippen LogP contribution in [0, 0.1) is 12.8 Å². The first-order valence-electron chi connectivity index (χ1n) is 6.98. The topological polar surface area (TPSA) is 58.4 Å². The van der Waals surface area contributed by atoms with Crippen LogP contribution in [-0.4, -0.2) is 30.0 Å². The Balaban J connectivity index is 2.01. The number of anilines is 1. The lowest BCUT2D eigenvalue weighted by atomic mass is 10.0. The van der Waals surface area contributed by atoms with E-state index >= 15 is 0 Å². The highest BCUT2D eigenvalue weighted by atomic mass is 16.4. The smallest absolute Gasteiger partial charge is 0.299 e. The Hall–Kier alpha value is -2.04. The molecule has 0 spiro atoms. The van der Waals surface area contributed by atoms with Gasteiger partial charge in [-0.15, -0.1) is 0 Å². The minimum absolute atomic E-state index is 0.0460. The number of fused-ring (bicyclic) bond motifs is 1. The Morgan fingerprint density at radius 1 is 1.45 bits per heavy atom. The maximum Gasteiger partial charge on any atom is 0.299 e. The van der Waals surface area contributed by atoms with Crippen LogP contribution in [0.5, 0.6) is 0 Å². The van der Waals surface area contributed by atoms with Gasteiger partial charge in [0, 0.05) is 13.1 Å². The molecule has 0 radical (unpaired) electrons. The SMILES string of the molecule is Cc1ccc2oc(N3CCNC(=O)[C@@H]3C(C)C)nc2c1. The summed E-state index contributed by atoms with van der Waals surface area (Å²) in [6.07, 6.45) is 0. The van der Waals surface area contributed by atoms with Crippen LogP contribution in [0.15, 0.2) is 22.6 Å². The number of hydrogen-bond acceptors (Lipinski definition) is 4. The second-order valence-electron chi connectivity index (χ2n) is 5.64. The van der Waals surface area contributed by atoms with Gasteiger partial charge in [-0.05, 0) is 30.5 Å². The molecule has 1 aliphatic rings. The van der Waals surface area contributed by atoms with Crippen molar-refractivity contribution in [3.05, 3.63) is 23.8 Å². The molecule has 5 nitrogen and oxygen atoms in total. The Morgan fingerprint density at radius 2 is 2.25 bits per heavy atom. The van der Waals surface area contributed by atoms with E-state index in [1.165, 1.54) is 0 Å². The Kier molecular flexibility index (Phi) is 3.12. The van der Waals surface area contributed by atoms with Gasteiger partial charge < -0.3 is 14.6 Å². The van der Waals surface area contributed by atoms with Gasteiger partial charge in [0.05, 0.1) is 0 Å². The normalized spacial score (nSPS) is 19.7. The average molecular weight is 273 g/mol. The zero-order valence-corrected chi connectivity index (χ0v) is 12.0. The fraction of sp³-hybridized carbons (Fsp3) is 0.467. The largest absolute Gasteiger partial charge is 0.423 e. The number of piperazine rings is 1. The second kappa shape index (κ2) is 4.81. The van der Waals surface area contributed by atoms with Gasteiger partial charge in [-0.1, -0.05) is 19.9 Å². The third-order valence-electron chi connectivity index (χ3n) is 3.67. The van der Waals surface area contributed by atoms with Gasteiger partial charge in [-0.3, -0.25) is 4.79 Å². The molecule has 1 amide bonds. The lowest BCUT2D eigenvalue weighted by Crippen LogP contribution is -2.57. The van der Waals surface area contributed by atoms with Gasteiger partial charge in [0.1, 0.15) is 11.6 Å². The van der Waals surface area contributed by atoms with Crippen LogP contribution in [-0.2, 0) is 4.79 Å². The molecule has 2 aromatic rings. The van der Waals surface area contributed by atoms with Crippen LogP contribution in [0.25, 0.3) is 11.1 Å². The van der Waals surface area contributed by atoms with Crippen LogP contribution < -0.4 is 10.2 Å². The van der Waals surface area contributed by atoms with E-state index in [0.717, 1.165) is 23.2 Å². The molecule has 106 valence electrons. The molecule has 0 aliphatic carbocycles. The third-order valence-corrected chi connectivity index (χ3v) is 3.67. The summed E-state index contributed by atoms with van der Waals surface area (Å²) < 4.78 is 5.83. The molecule has 1 saturated heterocycles. The van der Waals surface area contributed by atoms with E-state index in [-0.39, 0.29) is 17.9 Å². The fourth-order valence-corrected chi connectivity index (χ4v) is 2.71. The van der Waals surface area contributed by atoms with Gasteiger partial charge in [-0.2, -0.15) is 4.98 Å². The van der Waals surface area contributed by atoms with Crippen molar-refractivity contribution < 1.29 is 9.21 Å². The molecule has 1 fully saturated rings. The standard InChI is InChI=1S/C15H19N3O2/c1-9(2)13-14(19)16-6-7-18(13)15-17-11-8-10(3)4-5-12(11)20-15/h4-5,8-9,13H,6-7H2,1-3H3,(H,16,19)/t13-/m0/s1. The zero-order valence-electron chi connectivity index (χ0n) is 12.0. The van der Waals surface area contributed by atoms with Gasteiger partial charge in [-0.25, -0.2) is 0 Å². The van der Waals surface area contributed by atoms with Crippen molar-refractivity contribution >= 4 is 23.0 Å². The molecule has 20 heavy (non-hydrogen) atoms. The highest BCUT2D eigenvalue weighted by Gasteiger charge is 2.34. The monoisotopic (exact) mass is 273 g/mol. The molecule has 5 heteroatoms. The van der Waals surface area contributed by atoms with E-state index in [0.29, 0.717) is 12.6 Å². The van der Waals surface area contributed by atoms with E-state index in [1.807, 2.05) is 43.9 Å². The number of hydrogen-bond donors (Lipinski definition) is 1. The van der Waals surface area contributed by atoms with Gasteiger partial charge in [0.25, 0.3) is 6.01 Å². The van der Waals surface area contributed by atoms with Crippen molar-refractivity contribution in [2.45, 2.75) is 26.8 Å². The van der Waals surface area contributed by atoms with Gasteiger partial charge in [0.15, 0.2) is 5.58 Å². The second-order valence-corrected chi connectivity index (χ2v) is 5.64. The maximum atomic E-state index is 12.1.